The molecule has 0 bridgehead atoms. The van der Waals surface area contributed by atoms with Crippen molar-refractivity contribution in [2.45, 2.75) is 31.7 Å². The van der Waals surface area contributed by atoms with Crippen LogP contribution >= 0.6 is 11.3 Å². The van der Waals surface area contributed by atoms with Crippen LogP contribution in [0.25, 0.3) is 0 Å². The first-order chi connectivity index (χ1) is 8.74. The van der Waals surface area contributed by atoms with Gasteiger partial charge in [-0.2, -0.15) is 5.26 Å². The molecule has 0 aliphatic heterocycles. The van der Waals surface area contributed by atoms with Crippen molar-refractivity contribution < 1.29 is 9.90 Å². The van der Waals surface area contributed by atoms with E-state index in [0.717, 1.165) is 25.7 Å². The van der Waals surface area contributed by atoms with Gasteiger partial charge in [0.1, 0.15) is 10.9 Å². The van der Waals surface area contributed by atoms with E-state index < -0.39 is 0 Å². The fourth-order valence-corrected chi connectivity index (χ4v) is 3.06. The Balaban J connectivity index is 1.91. The molecule has 96 valence electrons. The number of hydrogen-bond acceptors (Lipinski definition) is 4. The van der Waals surface area contributed by atoms with Crippen molar-refractivity contribution in [3.05, 3.63) is 21.9 Å². The van der Waals surface area contributed by atoms with E-state index >= 15 is 0 Å². The third kappa shape index (κ3) is 2.89. The van der Waals surface area contributed by atoms with Crippen molar-refractivity contribution >= 4 is 17.2 Å². The normalized spacial score (nSPS) is 23.3. The Hall–Kier alpha value is -1.38. The number of aliphatic hydroxyl groups excluding tert-OH is 1. The number of carbonyl (C=O) groups is 1. The highest BCUT2D eigenvalue weighted by Gasteiger charge is 2.23. The van der Waals surface area contributed by atoms with Crippen LogP contribution in [0, 0.1) is 17.2 Å². The van der Waals surface area contributed by atoms with Crippen LogP contribution in [0.2, 0.25) is 0 Å². The van der Waals surface area contributed by atoms with Crippen LogP contribution in [-0.4, -0.2) is 23.7 Å². The van der Waals surface area contributed by atoms with E-state index in [9.17, 15) is 4.79 Å². The summed E-state index contributed by atoms with van der Waals surface area (Å²) in [7, 11) is 0. The second-order valence-corrected chi connectivity index (χ2v) is 5.57. The van der Waals surface area contributed by atoms with Gasteiger partial charge in [-0.05, 0) is 43.0 Å². The topological polar surface area (TPSA) is 73.1 Å². The minimum atomic E-state index is -0.144. The van der Waals surface area contributed by atoms with Gasteiger partial charge in [-0.25, -0.2) is 0 Å². The highest BCUT2D eigenvalue weighted by Crippen LogP contribution is 2.24. The van der Waals surface area contributed by atoms with Crippen LogP contribution in [0.15, 0.2) is 11.4 Å². The van der Waals surface area contributed by atoms with E-state index in [1.165, 1.54) is 11.3 Å². The maximum atomic E-state index is 12.0. The first kappa shape index (κ1) is 13.1. The van der Waals surface area contributed by atoms with Gasteiger partial charge in [-0.3, -0.25) is 4.79 Å². The third-order valence-corrected chi connectivity index (χ3v) is 4.35. The molecule has 0 atom stereocenters. The predicted molar refractivity (Wildman–Crippen MR) is 69.3 cm³/mol. The maximum absolute atomic E-state index is 12.0. The first-order valence-electron chi connectivity index (χ1n) is 6.14. The number of aliphatic hydroxyl groups is 1. The predicted octanol–water partition coefficient (Wildman–Crippen LogP) is 1.90. The number of amides is 1. The molecule has 1 heterocycles. The Morgan fingerprint density at radius 3 is 2.83 bits per heavy atom. The molecular weight excluding hydrogens is 248 g/mol. The van der Waals surface area contributed by atoms with E-state index in [1.807, 2.05) is 6.07 Å². The summed E-state index contributed by atoms with van der Waals surface area (Å²) in [6.07, 6.45) is 3.72. The second kappa shape index (κ2) is 5.98. The summed E-state index contributed by atoms with van der Waals surface area (Å²) in [6.45, 7) is 0.240. The van der Waals surface area contributed by atoms with Gasteiger partial charge in [0, 0.05) is 12.6 Å². The minimum absolute atomic E-state index is 0.144. The van der Waals surface area contributed by atoms with Gasteiger partial charge in [0.05, 0.1) is 5.56 Å². The third-order valence-electron chi connectivity index (χ3n) is 3.43. The summed E-state index contributed by atoms with van der Waals surface area (Å²) in [5.41, 5.74) is 0.446. The van der Waals surface area contributed by atoms with E-state index in [0.29, 0.717) is 16.4 Å². The molecule has 5 heteroatoms. The van der Waals surface area contributed by atoms with Crippen molar-refractivity contribution in [1.82, 2.24) is 5.32 Å². The lowest BCUT2D eigenvalue weighted by Crippen LogP contribution is -2.38. The Morgan fingerprint density at radius 1 is 1.50 bits per heavy atom. The van der Waals surface area contributed by atoms with Crippen LogP contribution < -0.4 is 5.32 Å². The van der Waals surface area contributed by atoms with Crippen molar-refractivity contribution in [2.24, 2.45) is 5.92 Å². The molecule has 18 heavy (non-hydrogen) atoms. The monoisotopic (exact) mass is 264 g/mol. The molecule has 0 radical (unpaired) electrons. The average Bonchev–Trinajstić information content (AvgIpc) is 2.88. The van der Waals surface area contributed by atoms with Gasteiger partial charge in [0.25, 0.3) is 5.91 Å². The lowest BCUT2D eigenvalue weighted by molar-refractivity contribution is 0.0918. The zero-order chi connectivity index (χ0) is 13.0. The van der Waals surface area contributed by atoms with Gasteiger partial charge in [-0.1, -0.05) is 0 Å². The van der Waals surface area contributed by atoms with Crippen molar-refractivity contribution in [3.8, 4) is 6.07 Å². The number of nitrogens with zero attached hydrogens (tertiary/aromatic N) is 1. The fraction of sp³-hybridized carbons (Fsp3) is 0.538. The van der Waals surface area contributed by atoms with E-state index in [-0.39, 0.29) is 18.6 Å². The molecule has 1 aromatic rings. The molecule has 2 rings (SSSR count). The summed E-state index contributed by atoms with van der Waals surface area (Å²) in [4.78, 5) is 12.5. The smallest absolute Gasteiger partial charge is 0.262 e. The fourth-order valence-electron chi connectivity index (χ4n) is 2.31. The van der Waals surface area contributed by atoms with Crippen molar-refractivity contribution in [3.63, 3.8) is 0 Å². The SMILES string of the molecule is N#Cc1ccsc1C(=O)NC1CCC(CO)CC1. The van der Waals surface area contributed by atoms with Crippen LogP contribution in [-0.2, 0) is 0 Å². The molecule has 1 aliphatic carbocycles. The zero-order valence-electron chi connectivity index (χ0n) is 10.1. The van der Waals surface area contributed by atoms with Gasteiger partial charge in [0.2, 0.25) is 0 Å². The van der Waals surface area contributed by atoms with Crippen molar-refractivity contribution in [1.29, 1.82) is 5.26 Å². The summed E-state index contributed by atoms with van der Waals surface area (Å²) in [5.74, 6) is 0.239. The molecule has 0 unspecified atom stereocenters. The molecule has 1 amide bonds. The maximum Gasteiger partial charge on any atom is 0.262 e. The lowest BCUT2D eigenvalue weighted by Gasteiger charge is -2.27. The van der Waals surface area contributed by atoms with Gasteiger partial charge >= 0.3 is 0 Å². The van der Waals surface area contributed by atoms with Crippen LogP contribution in [0.5, 0.6) is 0 Å². The molecule has 2 N–H and O–H groups in total. The number of thiophene rings is 1. The number of nitrogens with one attached hydrogen (secondary N) is 1. The summed E-state index contributed by atoms with van der Waals surface area (Å²) in [6, 6.07) is 3.87. The summed E-state index contributed by atoms with van der Waals surface area (Å²) < 4.78 is 0. The van der Waals surface area contributed by atoms with E-state index in [2.05, 4.69) is 5.32 Å². The molecule has 0 aromatic carbocycles. The molecule has 1 aliphatic rings. The molecule has 0 saturated heterocycles. The van der Waals surface area contributed by atoms with E-state index in [1.54, 1.807) is 11.4 Å². The van der Waals surface area contributed by atoms with Crippen molar-refractivity contribution in [2.75, 3.05) is 6.61 Å². The quantitative estimate of drug-likeness (QED) is 0.875. The highest BCUT2D eigenvalue weighted by molar-refractivity contribution is 7.12. The molecule has 1 saturated carbocycles. The van der Waals surface area contributed by atoms with E-state index in [4.69, 9.17) is 10.4 Å². The number of nitriles is 1. The molecule has 1 fully saturated rings. The lowest BCUT2D eigenvalue weighted by atomic mass is 9.86. The molecule has 4 nitrogen and oxygen atoms in total. The first-order valence-corrected chi connectivity index (χ1v) is 7.02. The summed E-state index contributed by atoms with van der Waals surface area (Å²) >= 11 is 1.30. The van der Waals surface area contributed by atoms with Gasteiger partial charge in [0.15, 0.2) is 0 Å². The molecule has 0 spiro atoms. The molecular formula is C13H16N2O2S. The van der Waals surface area contributed by atoms with Crippen LogP contribution in [0.4, 0.5) is 0 Å². The standard InChI is InChI=1S/C13H16N2O2S/c14-7-10-5-6-18-12(10)13(17)15-11-3-1-9(8-16)2-4-11/h5-6,9,11,16H,1-4,8H2,(H,15,17). The largest absolute Gasteiger partial charge is 0.396 e. The number of hydrogen-bond donors (Lipinski definition) is 2. The molecule has 1 aromatic heterocycles. The van der Waals surface area contributed by atoms with Gasteiger partial charge < -0.3 is 10.4 Å². The highest BCUT2D eigenvalue weighted by atomic mass is 32.1. The summed E-state index contributed by atoms with van der Waals surface area (Å²) in [5, 5.41) is 22.7. The Morgan fingerprint density at radius 2 is 2.22 bits per heavy atom. The van der Waals surface area contributed by atoms with Gasteiger partial charge in [-0.15, -0.1) is 11.3 Å². The Kier molecular flexibility index (Phi) is 4.34. The number of rotatable bonds is 3. The minimum Gasteiger partial charge on any atom is -0.396 e. The Bertz CT molecular complexity index is 456. The second-order valence-electron chi connectivity index (χ2n) is 4.65. The van der Waals surface area contributed by atoms with Crippen LogP contribution in [0.1, 0.15) is 40.9 Å². The Labute approximate surface area is 110 Å². The van der Waals surface area contributed by atoms with Crippen LogP contribution in [0.3, 0.4) is 0 Å². The zero-order valence-corrected chi connectivity index (χ0v) is 10.9. The number of carbonyl (C=O) groups excluding carboxylic acids is 1. The average molecular weight is 264 g/mol.